The molecule has 0 spiro atoms. The Bertz CT molecular complexity index is 1210. The summed E-state index contributed by atoms with van der Waals surface area (Å²) in [6.07, 6.45) is 2.94. The number of rotatable bonds is 5. The van der Waals surface area contributed by atoms with E-state index in [9.17, 15) is 9.59 Å². The number of aryl methyl sites for hydroxylation is 2. The van der Waals surface area contributed by atoms with Crippen molar-refractivity contribution in [3.05, 3.63) is 100 Å². The predicted octanol–water partition coefficient (Wildman–Crippen LogP) is 5.74. The zero-order valence-corrected chi connectivity index (χ0v) is 19.2. The summed E-state index contributed by atoms with van der Waals surface area (Å²) in [5.41, 5.74) is 4.53. The molecule has 0 aromatic heterocycles. The summed E-state index contributed by atoms with van der Waals surface area (Å²) < 4.78 is 0. The maximum atomic E-state index is 12.8. The van der Waals surface area contributed by atoms with E-state index in [0.29, 0.717) is 22.0 Å². The number of halogens is 1. The van der Waals surface area contributed by atoms with Crippen LogP contribution in [0.4, 0.5) is 11.4 Å². The van der Waals surface area contributed by atoms with Crippen LogP contribution < -0.4 is 16.0 Å². The summed E-state index contributed by atoms with van der Waals surface area (Å²) in [5, 5.41) is 8.99. The monoisotopic (exact) mass is 463 g/mol. The number of carbonyl (C=O) groups is 2. The third-order valence-corrected chi connectivity index (χ3v) is 5.29. The van der Waals surface area contributed by atoms with Crippen molar-refractivity contribution in [1.82, 2.24) is 5.32 Å². The Labute approximate surface area is 197 Å². The minimum atomic E-state index is -0.417. The smallest absolute Gasteiger partial charge is 0.257 e. The highest BCUT2D eigenvalue weighted by atomic mass is 35.5. The van der Waals surface area contributed by atoms with Crippen LogP contribution in [0.15, 0.2) is 72.8 Å². The van der Waals surface area contributed by atoms with Crippen LogP contribution in [0.1, 0.15) is 27.0 Å². The molecule has 0 atom stereocenters. The minimum Gasteiger partial charge on any atom is -0.332 e. The molecule has 0 aliphatic carbocycles. The van der Waals surface area contributed by atoms with Crippen molar-refractivity contribution in [2.45, 2.75) is 13.8 Å². The Balaban J connectivity index is 1.65. The second-order valence-corrected chi connectivity index (χ2v) is 7.91. The molecule has 3 aromatic rings. The lowest BCUT2D eigenvalue weighted by atomic mass is 10.1. The van der Waals surface area contributed by atoms with Crippen LogP contribution in [-0.2, 0) is 4.79 Å². The molecule has 2 amide bonds. The van der Waals surface area contributed by atoms with E-state index >= 15 is 0 Å². The van der Waals surface area contributed by atoms with Gasteiger partial charge in [-0.15, -0.1) is 0 Å². The normalized spacial score (nSPS) is 10.6. The number of para-hydroxylation sites is 1. The fraction of sp³-hybridized carbons (Fsp3) is 0.0800. The molecule has 3 N–H and O–H groups in total. The van der Waals surface area contributed by atoms with Crippen LogP contribution in [0, 0.1) is 13.8 Å². The predicted molar refractivity (Wildman–Crippen MR) is 135 cm³/mol. The summed E-state index contributed by atoms with van der Waals surface area (Å²) in [5.74, 6) is -0.705. The molecule has 0 fully saturated rings. The Hall–Kier alpha value is -3.48. The van der Waals surface area contributed by atoms with Gasteiger partial charge in [0.15, 0.2) is 5.11 Å². The Morgan fingerprint density at radius 2 is 1.62 bits per heavy atom. The summed E-state index contributed by atoms with van der Waals surface area (Å²) in [6, 6.07) is 19.8. The molecule has 0 radical (unpaired) electrons. The molecule has 3 rings (SSSR count). The number of thiocarbonyl (C=S) groups is 1. The fourth-order valence-electron chi connectivity index (χ4n) is 2.89. The number of anilines is 2. The van der Waals surface area contributed by atoms with Gasteiger partial charge in [-0.2, -0.15) is 0 Å². The lowest BCUT2D eigenvalue weighted by Gasteiger charge is -2.13. The standard InChI is InChI=1S/C25H22ClN3O2S/c1-16-11-13-19(15-17(16)2)27-24(31)20-8-4-6-10-22(20)28-25(32)29-23(30)14-12-18-7-3-5-9-21(18)26/h3-15H,1-2H3,(H,27,31)(H2,28,29,30,32)/b14-12+. The van der Waals surface area contributed by atoms with Gasteiger partial charge in [0.25, 0.3) is 5.91 Å². The highest BCUT2D eigenvalue weighted by Crippen LogP contribution is 2.19. The molecular formula is C25H22ClN3O2S. The maximum absolute atomic E-state index is 12.8. The van der Waals surface area contributed by atoms with Crippen molar-refractivity contribution in [3.63, 3.8) is 0 Å². The second kappa shape index (κ2) is 10.7. The van der Waals surface area contributed by atoms with Crippen molar-refractivity contribution in [2.24, 2.45) is 0 Å². The third-order valence-electron chi connectivity index (χ3n) is 4.74. The first-order chi connectivity index (χ1) is 15.3. The molecule has 0 unspecified atom stereocenters. The average molecular weight is 464 g/mol. The Kier molecular flexibility index (Phi) is 7.76. The second-order valence-electron chi connectivity index (χ2n) is 7.10. The lowest BCUT2D eigenvalue weighted by molar-refractivity contribution is -0.115. The van der Waals surface area contributed by atoms with E-state index in [1.54, 1.807) is 42.5 Å². The van der Waals surface area contributed by atoms with E-state index in [1.165, 1.54) is 6.08 Å². The number of amides is 2. The molecule has 162 valence electrons. The SMILES string of the molecule is Cc1ccc(NC(=O)c2ccccc2NC(=S)NC(=O)/C=C/c2ccccc2Cl)cc1C. The molecule has 32 heavy (non-hydrogen) atoms. The van der Waals surface area contributed by atoms with Gasteiger partial charge in [-0.1, -0.05) is 48.0 Å². The van der Waals surface area contributed by atoms with Gasteiger partial charge in [-0.3, -0.25) is 14.9 Å². The van der Waals surface area contributed by atoms with E-state index < -0.39 is 5.91 Å². The van der Waals surface area contributed by atoms with E-state index in [0.717, 1.165) is 16.7 Å². The van der Waals surface area contributed by atoms with Crippen LogP contribution in [0.3, 0.4) is 0 Å². The van der Waals surface area contributed by atoms with Crippen molar-refractivity contribution in [2.75, 3.05) is 10.6 Å². The fourth-order valence-corrected chi connectivity index (χ4v) is 3.30. The van der Waals surface area contributed by atoms with Crippen molar-refractivity contribution in [3.8, 4) is 0 Å². The largest absolute Gasteiger partial charge is 0.332 e. The third kappa shape index (κ3) is 6.26. The molecule has 5 nitrogen and oxygen atoms in total. The van der Waals surface area contributed by atoms with Crippen molar-refractivity contribution < 1.29 is 9.59 Å². The number of benzene rings is 3. The Morgan fingerprint density at radius 1 is 0.906 bits per heavy atom. The molecule has 0 saturated carbocycles. The first-order valence-corrected chi connectivity index (χ1v) is 10.6. The van der Waals surface area contributed by atoms with Crippen LogP contribution in [-0.4, -0.2) is 16.9 Å². The van der Waals surface area contributed by atoms with Crippen LogP contribution in [0.2, 0.25) is 5.02 Å². The summed E-state index contributed by atoms with van der Waals surface area (Å²) in [4.78, 5) is 25.0. The molecule has 7 heteroatoms. The van der Waals surface area contributed by atoms with Gasteiger partial charge < -0.3 is 10.6 Å². The molecule has 0 saturated heterocycles. The number of hydrogen-bond donors (Lipinski definition) is 3. The summed E-state index contributed by atoms with van der Waals surface area (Å²) in [7, 11) is 0. The molecule has 0 aliphatic heterocycles. The number of nitrogens with one attached hydrogen (secondary N) is 3. The zero-order valence-electron chi connectivity index (χ0n) is 17.6. The highest BCUT2D eigenvalue weighted by molar-refractivity contribution is 7.80. The van der Waals surface area contributed by atoms with Crippen LogP contribution in [0.25, 0.3) is 6.08 Å². The molecular weight excluding hydrogens is 442 g/mol. The van der Waals surface area contributed by atoms with Gasteiger partial charge in [0.1, 0.15) is 0 Å². The molecule has 0 aliphatic rings. The quantitative estimate of drug-likeness (QED) is 0.333. The topological polar surface area (TPSA) is 70.2 Å². The Morgan fingerprint density at radius 3 is 2.38 bits per heavy atom. The molecule has 3 aromatic carbocycles. The number of hydrogen-bond acceptors (Lipinski definition) is 3. The van der Waals surface area contributed by atoms with Gasteiger partial charge in [0, 0.05) is 16.8 Å². The van der Waals surface area contributed by atoms with Crippen molar-refractivity contribution >= 4 is 58.2 Å². The zero-order chi connectivity index (χ0) is 23.1. The van der Waals surface area contributed by atoms with Crippen molar-refractivity contribution in [1.29, 1.82) is 0 Å². The van der Waals surface area contributed by atoms with E-state index in [4.69, 9.17) is 23.8 Å². The van der Waals surface area contributed by atoms with E-state index in [-0.39, 0.29) is 11.0 Å². The molecule has 0 bridgehead atoms. The maximum Gasteiger partial charge on any atom is 0.257 e. The lowest BCUT2D eigenvalue weighted by Crippen LogP contribution is -2.33. The van der Waals surface area contributed by atoms with Crippen LogP contribution in [0.5, 0.6) is 0 Å². The summed E-state index contributed by atoms with van der Waals surface area (Å²) in [6.45, 7) is 4.00. The van der Waals surface area contributed by atoms with Gasteiger partial charge in [-0.05, 0) is 79.2 Å². The van der Waals surface area contributed by atoms with Gasteiger partial charge >= 0.3 is 0 Å². The van der Waals surface area contributed by atoms with Gasteiger partial charge in [-0.25, -0.2) is 0 Å². The minimum absolute atomic E-state index is 0.0743. The number of carbonyl (C=O) groups excluding carboxylic acids is 2. The highest BCUT2D eigenvalue weighted by Gasteiger charge is 2.13. The van der Waals surface area contributed by atoms with Crippen LogP contribution >= 0.6 is 23.8 Å². The van der Waals surface area contributed by atoms with Gasteiger partial charge in [0.2, 0.25) is 5.91 Å². The summed E-state index contributed by atoms with van der Waals surface area (Å²) >= 11 is 11.3. The molecule has 0 heterocycles. The average Bonchev–Trinajstić information content (AvgIpc) is 2.76. The first kappa shape index (κ1) is 23.2. The van der Waals surface area contributed by atoms with Gasteiger partial charge in [0.05, 0.1) is 11.3 Å². The van der Waals surface area contributed by atoms with E-state index in [1.807, 2.05) is 44.2 Å². The van der Waals surface area contributed by atoms with E-state index in [2.05, 4.69) is 16.0 Å². The first-order valence-electron chi connectivity index (χ1n) is 9.85.